The van der Waals surface area contributed by atoms with Crippen LogP contribution >= 0.6 is 11.6 Å². The van der Waals surface area contributed by atoms with E-state index in [2.05, 4.69) is 10.9 Å². The Morgan fingerprint density at radius 1 is 1.20 bits per heavy atom. The van der Waals surface area contributed by atoms with E-state index < -0.39 is 27.6 Å². The summed E-state index contributed by atoms with van der Waals surface area (Å²) in [5.74, 6) is -1.85. The molecule has 0 radical (unpaired) electrons. The minimum atomic E-state index is -3.13. The van der Waals surface area contributed by atoms with Gasteiger partial charge in [-0.3, -0.25) is 20.4 Å². The molecule has 2 rings (SSSR count). The molecule has 1 aromatic rings. The molecule has 0 spiro atoms. The van der Waals surface area contributed by atoms with E-state index in [0.29, 0.717) is 0 Å². The first kappa shape index (κ1) is 14.8. The first-order valence-electron chi connectivity index (χ1n) is 5.94. The lowest BCUT2D eigenvalue weighted by atomic mass is 10.1. The van der Waals surface area contributed by atoms with Crippen molar-refractivity contribution in [1.82, 2.24) is 10.9 Å². The molecule has 6 nitrogen and oxygen atoms in total. The van der Waals surface area contributed by atoms with Gasteiger partial charge in [0.1, 0.15) is 0 Å². The largest absolute Gasteiger partial charge is 0.273 e. The first-order chi connectivity index (χ1) is 9.39. The number of hydrogen-bond donors (Lipinski definition) is 2. The highest BCUT2D eigenvalue weighted by Crippen LogP contribution is 2.18. The van der Waals surface area contributed by atoms with E-state index in [4.69, 9.17) is 11.6 Å². The summed E-state index contributed by atoms with van der Waals surface area (Å²) in [5, 5.41) is 0.266. The molecule has 1 aromatic carbocycles. The van der Waals surface area contributed by atoms with E-state index in [1.807, 2.05) is 0 Å². The molecule has 1 aliphatic rings. The van der Waals surface area contributed by atoms with Crippen LogP contribution in [0, 0.1) is 5.92 Å². The summed E-state index contributed by atoms with van der Waals surface area (Å²) in [6.07, 6.45) is 0.274. The third kappa shape index (κ3) is 3.49. The van der Waals surface area contributed by atoms with E-state index in [1.54, 1.807) is 18.2 Å². The lowest BCUT2D eigenvalue weighted by Gasteiger charge is -2.11. The molecule has 0 aliphatic carbocycles. The van der Waals surface area contributed by atoms with Gasteiger partial charge in [0.25, 0.3) is 5.91 Å². The lowest BCUT2D eigenvalue weighted by Crippen LogP contribution is -2.44. The number of carbonyl (C=O) groups excluding carboxylic acids is 2. The second kappa shape index (κ2) is 5.80. The number of amides is 2. The van der Waals surface area contributed by atoms with Crippen LogP contribution in [-0.4, -0.2) is 31.7 Å². The zero-order valence-corrected chi connectivity index (χ0v) is 12.0. The number of hydrogen-bond acceptors (Lipinski definition) is 4. The SMILES string of the molecule is O=C(NNC(=O)[C@@H]1CCS(=O)(=O)C1)c1ccccc1Cl. The van der Waals surface area contributed by atoms with Gasteiger partial charge in [-0.1, -0.05) is 23.7 Å². The van der Waals surface area contributed by atoms with Crippen LogP contribution in [0.3, 0.4) is 0 Å². The Labute approximate surface area is 121 Å². The molecule has 1 atom stereocenters. The van der Waals surface area contributed by atoms with Crippen LogP contribution < -0.4 is 10.9 Å². The molecule has 20 heavy (non-hydrogen) atoms. The number of carbonyl (C=O) groups is 2. The number of hydrazine groups is 1. The van der Waals surface area contributed by atoms with Gasteiger partial charge >= 0.3 is 0 Å². The lowest BCUT2D eigenvalue weighted by molar-refractivity contribution is -0.125. The Bertz CT molecular complexity index is 645. The van der Waals surface area contributed by atoms with Crippen molar-refractivity contribution in [2.75, 3.05) is 11.5 Å². The van der Waals surface area contributed by atoms with Crippen molar-refractivity contribution < 1.29 is 18.0 Å². The molecule has 2 amide bonds. The summed E-state index contributed by atoms with van der Waals surface area (Å²) in [5.41, 5.74) is 4.68. The summed E-state index contributed by atoms with van der Waals surface area (Å²) in [4.78, 5) is 23.5. The van der Waals surface area contributed by atoms with Crippen LogP contribution in [0.4, 0.5) is 0 Å². The highest BCUT2D eigenvalue weighted by molar-refractivity contribution is 7.91. The quantitative estimate of drug-likeness (QED) is 0.779. The molecule has 1 aliphatic heterocycles. The smallest absolute Gasteiger partial charge is 0.271 e. The van der Waals surface area contributed by atoms with Gasteiger partial charge in [-0.15, -0.1) is 0 Å². The number of nitrogens with one attached hydrogen (secondary N) is 2. The van der Waals surface area contributed by atoms with Crippen LogP contribution in [0.1, 0.15) is 16.8 Å². The maximum absolute atomic E-state index is 11.8. The topological polar surface area (TPSA) is 92.3 Å². The molecule has 1 saturated heterocycles. The van der Waals surface area contributed by atoms with Gasteiger partial charge in [-0.2, -0.15) is 0 Å². The highest BCUT2D eigenvalue weighted by Gasteiger charge is 2.33. The van der Waals surface area contributed by atoms with Crippen molar-refractivity contribution in [2.45, 2.75) is 6.42 Å². The van der Waals surface area contributed by atoms with Crippen LogP contribution in [0.5, 0.6) is 0 Å². The average molecular weight is 317 g/mol. The fourth-order valence-corrected chi connectivity index (χ4v) is 3.90. The number of benzene rings is 1. The van der Waals surface area contributed by atoms with Crippen LogP contribution in [0.15, 0.2) is 24.3 Å². The van der Waals surface area contributed by atoms with Crippen LogP contribution in [0.25, 0.3) is 0 Å². The highest BCUT2D eigenvalue weighted by atomic mass is 35.5. The Kier molecular flexibility index (Phi) is 4.29. The molecule has 2 N–H and O–H groups in total. The molecule has 108 valence electrons. The molecule has 0 unspecified atom stereocenters. The van der Waals surface area contributed by atoms with Crippen LogP contribution in [0.2, 0.25) is 5.02 Å². The average Bonchev–Trinajstić information content (AvgIpc) is 2.76. The normalized spacial score (nSPS) is 20.4. The van der Waals surface area contributed by atoms with E-state index >= 15 is 0 Å². The molecule has 1 fully saturated rings. The third-order valence-electron chi connectivity index (χ3n) is 3.02. The zero-order chi connectivity index (χ0) is 14.8. The van der Waals surface area contributed by atoms with Gasteiger partial charge in [-0.05, 0) is 18.6 Å². The first-order valence-corrected chi connectivity index (χ1v) is 8.14. The molecular formula is C12H13ClN2O4S. The van der Waals surface area contributed by atoms with Gasteiger partial charge in [0.05, 0.1) is 28.0 Å². The number of rotatable bonds is 2. The maximum Gasteiger partial charge on any atom is 0.271 e. The van der Waals surface area contributed by atoms with Gasteiger partial charge in [0, 0.05) is 0 Å². The Hall–Kier alpha value is -1.60. The van der Waals surface area contributed by atoms with E-state index in [-0.39, 0.29) is 28.5 Å². The molecular weight excluding hydrogens is 304 g/mol. The van der Waals surface area contributed by atoms with Crippen molar-refractivity contribution in [3.05, 3.63) is 34.9 Å². The standard InChI is InChI=1S/C12H13ClN2O4S/c13-10-4-2-1-3-9(10)12(17)15-14-11(16)8-5-6-20(18,19)7-8/h1-4,8H,5-7H2,(H,14,16)(H,15,17)/t8-/m1/s1. The van der Waals surface area contributed by atoms with Gasteiger partial charge in [0.15, 0.2) is 9.84 Å². The number of sulfone groups is 1. The predicted octanol–water partition coefficient (Wildman–Crippen LogP) is 0.536. The summed E-state index contributed by atoms with van der Waals surface area (Å²) in [6.45, 7) is 0. The van der Waals surface area contributed by atoms with Gasteiger partial charge in [0.2, 0.25) is 5.91 Å². The fourth-order valence-electron chi connectivity index (χ4n) is 1.93. The fraction of sp³-hybridized carbons (Fsp3) is 0.333. The van der Waals surface area contributed by atoms with Gasteiger partial charge in [-0.25, -0.2) is 8.42 Å². The molecule has 0 saturated carbocycles. The Morgan fingerprint density at radius 2 is 1.90 bits per heavy atom. The Morgan fingerprint density at radius 3 is 2.50 bits per heavy atom. The maximum atomic E-state index is 11.8. The summed E-state index contributed by atoms with van der Waals surface area (Å²) in [6, 6.07) is 6.40. The Balaban J connectivity index is 1.91. The minimum Gasteiger partial charge on any atom is -0.273 e. The zero-order valence-electron chi connectivity index (χ0n) is 10.4. The monoisotopic (exact) mass is 316 g/mol. The summed E-state index contributed by atoms with van der Waals surface area (Å²) >= 11 is 5.85. The van der Waals surface area contributed by atoms with Crippen molar-refractivity contribution in [3.63, 3.8) is 0 Å². The molecule has 0 aromatic heterocycles. The minimum absolute atomic E-state index is 0.00352. The number of halogens is 1. The summed E-state index contributed by atoms with van der Waals surface area (Å²) in [7, 11) is -3.13. The second-order valence-electron chi connectivity index (χ2n) is 4.52. The predicted molar refractivity (Wildman–Crippen MR) is 73.8 cm³/mol. The molecule has 8 heteroatoms. The molecule has 0 bridgehead atoms. The van der Waals surface area contributed by atoms with Crippen molar-refractivity contribution in [3.8, 4) is 0 Å². The van der Waals surface area contributed by atoms with Crippen molar-refractivity contribution in [2.24, 2.45) is 5.92 Å². The van der Waals surface area contributed by atoms with Crippen molar-refractivity contribution >= 4 is 33.3 Å². The van der Waals surface area contributed by atoms with Gasteiger partial charge < -0.3 is 0 Å². The second-order valence-corrected chi connectivity index (χ2v) is 7.16. The molecule has 1 heterocycles. The third-order valence-corrected chi connectivity index (χ3v) is 5.12. The van der Waals surface area contributed by atoms with Crippen molar-refractivity contribution in [1.29, 1.82) is 0 Å². The van der Waals surface area contributed by atoms with Crippen LogP contribution in [-0.2, 0) is 14.6 Å². The summed E-state index contributed by atoms with van der Waals surface area (Å²) < 4.78 is 22.5. The van der Waals surface area contributed by atoms with E-state index in [9.17, 15) is 18.0 Å². The van der Waals surface area contributed by atoms with E-state index in [0.717, 1.165) is 0 Å². The van der Waals surface area contributed by atoms with E-state index in [1.165, 1.54) is 6.07 Å².